The SMILES string of the molecule is Cc1cncc(C)c1-c1ccc(NC(=O)C(NC(=O)O)C(c2ccccc2)c2ccccc2)cc1F. The van der Waals surface area contributed by atoms with Crippen LogP contribution in [0.3, 0.4) is 0 Å². The van der Waals surface area contributed by atoms with E-state index in [9.17, 15) is 14.7 Å². The number of hydrogen-bond donors (Lipinski definition) is 3. The lowest BCUT2D eigenvalue weighted by molar-refractivity contribution is -0.118. The maximum Gasteiger partial charge on any atom is 0.405 e. The molecule has 0 spiro atoms. The number of carbonyl (C=O) groups excluding carboxylic acids is 1. The molecule has 1 heterocycles. The molecule has 6 nitrogen and oxygen atoms in total. The Morgan fingerprint density at radius 2 is 1.42 bits per heavy atom. The van der Waals surface area contributed by atoms with Crippen LogP contribution in [-0.2, 0) is 4.79 Å². The highest BCUT2D eigenvalue weighted by atomic mass is 19.1. The second-order valence-electron chi connectivity index (χ2n) is 8.56. The lowest BCUT2D eigenvalue weighted by Gasteiger charge is -2.27. The van der Waals surface area contributed by atoms with E-state index in [0.29, 0.717) is 5.56 Å². The molecule has 2 amide bonds. The number of hydrogen-bond acceptors (Lipinski definition) is 3. The Bertz CT molecular complexity index is 1320. The van der Waals surface area contributed by atoms with Crippen LogP contribution in [0.4, 0.5) is 14.9 Å². The maximum absolute atomic E-state index is 15.2. The van der Waals surface area contributed by atoms with Gasteiger partial charge in [0.25, 0.3) is 0 Å². The number of carbonyl (C=O) groups is 2. The van der Waals surface area contributed by atoms with Crippen molar-refractivity contribution in [3.63, 3.8) is 0 Å². The van der Waals surface area contributed by atoms with Gasteiger partial charge in [0.05, 0.1) is 0 Å². The van der Waals surface area contributed by atoms with E-state index in [1.165, 1.54) is 6.07 Å². The Labute approximate surface area is 208 Å². The Morgan fingerprint density at radius 3 is 1.92 bits per heavy atom. The number of aromatic nitrogens is 1. The minimum absolute atomic E-state index is 0.225. The average molecular weight is 484 g/mol. The maximum atomic E-state index is 15.2. The lowest BCUT2D eigenvalue weighted by atomic mass is 9.84. The van der Waals surface area contributed by atoms with Crippen molar-refractivity contribution in [2.24, 2.45) is 0 Å². The van der Waals surface area contributed by atoms with Gasteiger partial charge in [-0.25, -0.2) is 9.18 Å². The van der Waals surface area contributed by atoms with E-state index in [1.54, 1.807) is 24.5 Å². The van der Waals surface area contributed by atoms with E-state index in [1.807, 2.05) is 74.5 Å². The van der Waals surface area contributed by atoms with Gasteiger partial charge >= 0.3 is 6.09 Å². The van der Waals surface area contributed by atoms with E-state index in [-0.39, 0.29) is 5.69 Å². The molecule has 182 valence electrons. The second-order valence-corrected chi connectivity index (χ2v) is 8.56. The molecule has 7 heteroatoms. The van der Waals surface area contributed by atoms with Crippen LogP contribution >= 0.6 is 0 Å². The third-order valence-corrected chi connectivity index (χ3v) is 6.04. The van der Waals surface area contributed by atoms with Crippen molar-refractivity contribution in [2.45, 2.75) is 25.8 Å². The van der Waals surface area contributed by atoms with Gasteiger partial charge in [-0.1, -0.05) is 60.7 Å². The van der Waals surface area contributed by atoms with E-state index in [4.69, 9.17) is 0 Å². The summed E-state index contributed by atoms with van der Waals surface area (Å²) in [5, 5.41) is 14.6. The molecule has 0 aliphatic rings. The molecule has 1 aromatic heterocycles. The Balaban J connectivity index is 1.68. The number of benzene rings is 3. The molecule has 1 atom stereocenters. The Hall–Kier alpha value is -4.52. The average Bonchev–Trinajstić information content (AvgIpc) is 2.86. The molecule has 1 unspecified atom stereocenters. The van der Waals surface area contributed by atoms with Crippen molar-refractivity contribution in [3.8, 4) is 11.1 Å². The summed E-state index contributed by atoms with van der Waals surface area (Å²) in [7, 11) is 0. The zero-order valence-electron chi connectivity index (χ0n) is 19.9. The van der Waals surface area contributed by atoms with Crippen LogP contribution in [0.1, 0.15) is 28.2 Å². The van der Waals surface area contributed by atoms with Gasteiger partial charge in [-0.15, -0.1) is 0 Å². The summed E-state index contributed by atoms with van der Waals surface area (Å²) in [4.78, 5) is 29.3. The number of rotatable bonds is 7. The molecule has 0 saturated heterocycles. The molecule has 0 saturated carbocycles. The van der Waals surface area contributed by atoms with Crippen molar-refractivity contribution < 1.29 is 19.1 Å². The minimum Gasteiger partial charge on any atom is -0.465 e. The third-order valence-electron chi connectivity index (χ3n) is 6.04. The second kappa shape index (κ2) is 10.8. The van der Waals surface area contributed by atoms with Gasteiger partial charge in [-0.05, 0) is 59.9 Å². The predicted molar refractivity (Wildman–Crippen MR) is 137 cm³/mol. The fourth-order valence-electron chi connectivity index (χ4n) is 4.47. The van der Waals surface area contributed by atoms with Gasteiger partial charge in [0.2, 0.25) is 5.91 Å². The van der Waals surface area contributed by atoms with Crippen molar-refractivity contribution in [1.82, 2.24) is 10.3 Å². The Kier molecular flexibility index (Phi) is 7.39. The molecule has 0 radical (unpaired) electrons. The van der Waals surface area contributed by atoms with Crippen molar-refractivity contribution >= 4 is 17.7 Å². The largest absolute Gasteiger partial charge is 0.465 e. The van der Waals surface area contributed by atoms with Crippen molar-refractivity contribution in [1.29, 1.82) is 0 Å². The first-order chi connectivity index (χ1) is 17.3. The molecule has 0 fully saturated rings. The number of nitrogens with one attached hydrogen (secondary N) is 2. The highest BCUT2D eigenvalue weighted by Gasteiger charge is 2.32. The number of carboxylic acid groups (broad SMARTS) is 1. The van der Waals surface area contributed by atoms with Crippen molar-refractivity contribution in [2.75, 3.05) is 5.32 Å². The summed E-state index contributed by atoms with van der Waals surface area (Å²) < 4.78 is 15.2. The van der Waals surface area contributed by atoms with Crippen LogP contribution in [0, 0.1) is 19.7 Å². The Morgan fingerprint density at radius 1 is 0.861 bits per heavy atom. The lowest BCUT2D eigenvalue weighted by Crippen LogP contribution is -2.47. The number of halogens is 1. The molecule has 3 aromatic carbocycles. The molecule has 0 aliphatic heterocycles. The van der Waals surface area contributed by atoms with E-state index in [0.717, 1.165) is 27.8 Å². The molecular formula is C29H26FN3O3. The van der Waals surface area contributed by atoms with Gasteiger partial charge in [0.15, 0.2) is 0 Å². The summed E-state index contributed by atoms with van der Waals surface area (Å²) in [6.07, 6.45) is 2.01. The van der Waals surface area contributed by atoms with Gasteiger partial charge in [-0.2, -0.15) is 0 Å². The number of amides is 2. The molecule has 0 bridgehead atoms. The van der Waals surface area contributed by atoms with Gasteiger partial charge in [0.1, 0.15) is 11.9 Å². The van der Waals surface area contributed by atoms with Gasteiger partial charge < -0.3 is 15.7 Å². The first-order valence-electron chi connectivity index (χ1n) is 11.5. The predicted octanol–water partition coefficient (Wildman–Crippen LogP) is 5.91. The van der Waals surface area contributed by atoms with Gasteiger partial charge in [-0.3, -0.25) is 9.78 Å². The fraction of sp³-hybridized carbons (Fsp3) is 0.138. The monoisotopic (exact) mass is 483 g/mol. The van der Waals surface area contributed by atoms with Crippen LogP contribution < -0.4 is 10.6 Å². The zero-order chi connectivity index (χ0) is 25.7. The topological polar surface area (TPSA) is 91.3 Å². The van der Waals surface area contributed by atoms with Crippen molar-refractivity contribution in [3.05, 3.63) is 119 Å². The quantitative estimate of drug-likeness (QED) is 0.305. The van der Waals surface area contributed by atoms with Crippen LogP contribution in [0.25, 0.3) is 11.1 Å². The smallest absolute Gasteiger partial charge is 0.405 e. The first kappa shape index (κ1) is 24.6. The highest BCUT2D eigenvalue weighted by Crippen LogP contribution is 2.32. The third kappa shape index (κ3) is 5.41. The van der Waals surface area contributed by atoms with Crippen LogP contribution in [0.2, 0.25) is 0 Å². The summed E-state index contributed by atoms with van der Waals surface area (Å²) in [6, 6.07) is 21.7. The van der Waals surface area contributed by atoms with E-state index < -0.39 is 29.8 Å². The summed E-state index contributed by atoms with van der Waals surface area (Å²) in [5.41, 5.74) is 4.58. The fourth-order valence-corrected chi connectivity index (χ4v) is 4.47. The first-order valence-corrected chi connectivity index (χ1v) is 11.5. The van der Waals surface area contributed by atoms with E-state index >= 15 is 4.39 Å². The molecule has 36 heavy (non-hydrogen) atoms. The normalized spacial score (nSPS) is 11.7. The van der Waals surface area contributed by atoms with Gasteiger partial charge in [0, 0.05) is 29.6 Å². The number of pyridine rings is 1. The minimum atomic E-state index is -1.34. The zero-order valence-corrected chi connectivity index (χ0v) is 19.9. The summed E-state index contributed by atoms with van der Waals surface area (Å²) >= 11 is 0. The van der Waals surface area contributed by atoms with Crippen LogP contribution in [0.15, 0.2) is 91.3 Å². The summed E-state index contributed by atoms with van der Waals surface area (Å²) in [6.45, 7) is 3.72. The molecule has 0 aliphatic carbocycles. The number of anilines is 1. The number of aryl methyl sites for hydroxylation is 2. The summed E-state index contributed by atoms with van der Waals surface area (Å²) in [5.74, 6) is -1.70. The van der Waals surface area contributed by atoms with Crippen LogP contribution in [0.5, 0.6) is 0 Å². The van der Waals surface area contributed by atoms with Crippen LogP contribution in [-0.4, -0.2) is 28.1 Å². The molecular weight excluding hydrogens is 457 g/mol. The molecule has 3 N–H and O–H groups in total. The highest BCUT2D eigenvalue weighted by molar-refractivity contribution is 5.98. The molecule has 4 rings (SSSR count). The number of nitrogens with zero attached hydrogens (tertiary/aromatic N) is 1. The van der Waals surface area contributed by atoms with E-state index in [2.05, 4.69) is 15.6 Å². The standard InChI is InChI=1S/C29H26FN3O3/c1-18-16-31-17-19(2)25(18)23-14-13-22(15-24(23)30)32-28(34)27(33-29(35)36)26(20-9-5-3-6-10-20)21-11-7-4-8-12-21/h3-17,26-27,33H,1-2H3,(H,32,34)(H,35,36). The molecule has 4 aromatic rings.